The minimum atomic E-state index is 0.0469. The van der Waals surface area contributed by atoms with Crippen LogP contribution in [0, 0.1) is 6.92 Å². The van der Waals surface area contributed by atoms with Gasteiger partial charge in [0.15, 0.2) is 5.78 Å². The van der Waals surface area contributed by atoms with Gasteiger partial charge in [-0.25, -0.2) is 4.98 Å². The summed E-state index contributed by atoms with van der Waals surface area (Å²) < 4.78 is 0. The van der Waals surface area contributed by atoms with E-state index < -0.39 is 0 Å². The van der Waals surface area contributed by atoms with Gasteiger partial charge in [-0.2, -0.15) is 4.98 Å². The second-order valence-corrected chi connectivity index (χ2v) is 6.72. The second-order valence-electron chi connectivity index (χ2n) is 6.28. The molecule has 0 spiro atoms. The van der Waals surface area contributed by atoms with E-state index in [1.807, 2.05) is 49.4 Å². The Morgan fingerprint density at radius 2 is 1.85 bits per heavy atom. The van der Waals surface area contributed by atoms with Crippen LogP contribution in [0.5, 0.6) is 0 Å². The van der Waals surface area contributed by atoms with E-state index in [1.165, 1.54) is 0 Å². The topological polar surface area (TPSA) is 66.9 Å². The number of nitrogens with one attached hydrogen (secondary N) is 2. The predicted molar refractivity (Wildman–Crippen MR) is 110 cm³/mol. The third-order valence-electron chi connectivity index (χ3n) is 4.00. The van der Waals surface area contributed by atoms with E-state index in [9.17, 15) is 4.79 Å². The number of carbonyl (C=O) groups is 1. The van der Waals surface area contributed by atoms with Gasteiger partial charge >= 0.3 is 0 Å². The molecule has 1 heterocycles. The summed E-state index contributed by atoms with van der Waals surface area (Å²) in [5.41, 5.74) is 3.57. The van der Waals surface area contributed by atoms with Gasteiger partial charge in [-0.05, 0) is 62.2 Å². The number of benzene rings is 2. The molecule has 0 amide bonds. The van der Waals surface area contributed by atoms with Crippen LogP contribution in [0.3, 0.4) is 0 Å². The molecule has 0 unspecified atom stereocenters. The van der Waals surface area contributed by atoms with Crippen LogP contribution < -0.4 is 10.6 Å². The van der Waals surface area contributed by atoms with Gasteiger partial charge in [-0.15, -0.1) is 0 Å². The number of aromatic nitrogens is 2. The van der Waals surface area contributed by atoms with Crippen molar-refractivity contribution in [2.45, 2.75) is 20.3 Å². The number of rotatable bonds is 7. The Hall–Kier alpha value is -2.92. The molecule has 3 rings (SSSR count). The Labute approximate surface area is 163 Å². The number of aryl methyl sites for hydroxylation is 1. The first-order valence-electron chi connectivity index (χ1n) is 8.71. The van der Waals surface area contributed by atoms with Crippen molar-refractivity contribution in [2.75, 3.05) is 17.2 Å². The Balaban J connectivity index is 1.64. The Morgan fingerprint density at radius 1 is 1.07 bits per heavy atom. The molecule has 0 saturated carbocycles. The average Bonchev–Trinajstić information content (AvgIpc) is 2.62. The SMILES string of the molecule is CC(=O)c1ccc(Nc2cc(C)nc(NCCc3cccc(Cl)c3)n2)cc1. The van der Waals surface area contributed by atoms with Gasteiger partial charge < -0.3 is 10.6 Å². The maximum absolute atomic E-state index is 11.4. The van der Waals surface area contributed by atoms with Crippen molar-refractivity contribution in [3.8, 4) is 0 Å². The molecule has 0 radical (unpaired) electrons. The lowest BCUT2D eigenvalue weighted by atomic mass is 10.1. The molecule has 0 fully saturated rings. The fraction of sp³-hybridized carbons (Fsp3) is 0.190. The highest BCUT2D eigenvalue weighted by atomic mass is 35.5. The molecule has 27 heavy (non-hydrogen) atoms. The lowest BCUT2D eigenvalue weighted by molar-refractivity contribution is 0.101. The lowest BCUT2D eigenvalue weighted by Crippen LogP contribution is -2.09. The van der Waals surface area contributed by atoms with Crippen LogP contribution in [0.2, 0.25) is 5.02 Å². The summed E-state index contributed by atoms with van der Waals surface area (Å²) in [4.78, 5) is 20.3. The molecule has 0 aliphatic carbocycles. The number of hydrogen-bond acceptors (Lipinski definition) is 5. The monoisotopic (exact) mass is 380 g/mol. The quantitative estimate of drug-likeness (QED) is 0.562. The van der Waals surface area contributed by atoms with Crippen LogP contribution >= 0.6 is 11.6 Å². The Kier molecular flexibility index (Phi) is 6.04. The van der Waals surface area contributed by atoms with Crippen LogP contribution in [0.1, 0.15) is 28.5 Å². The Bertz CT molecular complexity index is 941. The molecular formula is C21H21ClN4O. The van der Waals surface area contributed by atoms with E-state index in [4.69, 9.17) is 11.6 Å². The molecular weight excluding hydrogens is 360 g/mol. The zero-order chi connectivity index (χ0) is 19.2. The minimum absolute atomic E-state index is 0.0469. The molecule has 0 atom stereocenters. The number of anilines is 3. The van der Waals surface area contributed by atoms with Crippen LogP contribution in [0.25, 0.3) is 0 Å². The van der Waals surface area contributed by atoms with Crippen molar-refractivity contribution in [3.63, 3.8) is 0 Å². The summed E-state index contributed by atoms with van der Waals surface area (Å²) in [5, 5.41) is 7.24. The van der Waals surface area contributed by atoms with E-state index in [0.717, 1.165) is 28.4 Å². The first-order chi connectivity index (χ1) is 13.0. The van der Waals surface area contributed by atoms with Crippen molar-refractivity contribution in [1.29, 1.82) is 0 Å². The van der Waals surface area contributed by atoms with E-state index in [2.05, 4.69) is 20.6 Å². The highest BCUT2D eigenvalue weighted by Gasteiger charge is 2.04. The van der Waals surface area contributed by atoms with Crippen molar-refractivity contribution in [1.82, 2.24) is 9.97 Å². The molecule has 0 aliphatic rings. The van der Waals surface area contributed by atoms with Gasteiger partial charge in [-0.3, -0.25) is 4.79 Å². The average molecular weight is 381 g/mol. The Morgan fingerprint density at radius 3 is 2.56 bits per heavy atom. The molecule has 6 heteroatoms. The highest BCUT2D eigenvalue weighted by Crippen LogP contribution is 2.18. The summed E-state index contributed by atoms with van der Waals surface area (Å²) in [5.74, 6) is 1.31. The van der Waals surface area contributed by atoms with Gasteiger partial charge in [0, 0.05) is 34.6 Å². The first kappa shape index (κ1) is 18.9. The van der Waals surface area contributed by atoms with Crippen LogP contribution in [-0.4, -0.2) is 22.3 Å². The van der Waals surface area contributed by atoms with Crippen molar-refractivity contribution in [3.05, 3.63) is 76.4 Å². The zero-order valence-electron chi connectivity index (χ0n) is 15.3. The maximum atomic E-state index is 11.4. The zero-order valence-corrected chi connectivity index (χ0v) is 16.0. The molecule has 2 aromatic carbocycles. The number of ketones is 1. The van der Waals surface area contributed by atoms with Crippen LogP contribution in [0.15, 0.2) is 54.6 Å². The minimum Gasteiger partial charge on any atom is -0.354 e. The third kappa shape index (κ3) is 5.53. The summed E-state index contributed by atoms with van der Waals surface area (Å²) in [6.45, 7) is 4.18. The lowest BCUT2D eigenvalue weighted by Gasteiger charge is -2.10. The fourth-order valence-corrected chi connectivity index (χ4v) is 2.87. The van der Waals surface area contributed by atoms with Crippen LogP contribution in [0.4, 0.5) is 17.5 Å². The van der Waals surface area contributed by atoms with Crippen molar-refractivity contribution in [2.24, 2.45) is 0 Å². The molecule has 5 nitrogen and oxygen atoms in total. The van der Waals surface area contributed by atoms with Gasteiger partial charge in [0.1, 0.15) is 5.82 Å². The smallest absolute Gasteiger partial charge is 0.224 e. The van der Waals surface area contributed by atoms with E-state index in [-0.39, 0.29) is 5.78 Å². The summed E-state index contributed by atoms with van der Waals surface area (Å²) >= 11 is 6.01. The van der Waals surface area contributed by atoms with Crippen molar-refractivity contribution < 1.29 is 4.79 Å². The molecule has 0 aliphatic heterocycles. The molecule has 0 saturated heterocycles. The summed E-state index contributed by atoms with van der Waals surface area (Å²) in [6.07, 6.45) is 0.827. The second kappa shape index (κ2) is 8.64. The summed E-state index contributed by atoms with van der Waals surface area (Å²) in [6, 6.07) is 17.0. The fourth-order valence-electron chi connectivity index (χ4n) is 2.66. The standard InChI is InChI=1S/C21H21ClN4O/c1-14-12-20(25-19-8-6-17(7-9-19)15(2)27)26-21(24-14)23-11-10-16-4-3-5-18(22)13-16/h3-9,12-13H,10-11H2,1-2H3,(H2,23,24,25,26). The third-order valence-corrected chi connectivity index (χ3v) is 4.24. The number of nitrogens with zero attached hydrogens (tertiary/aromatic N) is 2. The first-order valence-corrected chi connectivity index (χ1v) is 9.09. The van der Waals surface area contributed by atoms with E-state index >= 15 is 0 Å². The number of carbonyl (C=O) groups excluding carboxylic acids is 1. The van der Waals surface area contributed by atoms with E-state index in [0.29, 0.717) is 23.9 Å². The number of halogens is 1. The van der Waals surface area contributed by atoms with Gasteiger partial charge in [-0.1, -0.05) is 23.7 Å². The largest absolute Gasteiger partial charge is 0.354 e. The predicted octanol–water partition coefficient (Wildman–Crippen LogP) is 5.04. The van der Waals surface area contributed by atoms with Gasteiger partial charge in [0.2, 0.25) is 5.95 Å². The van der Waals surface area contributed by atoms with Gasteiger partial charge in [0.25, 0.3) is 0 Å². The highest BCUT2D eigenvalue weighted by molar-refractivity contribution is 6.30. The number of hydrogen-bond donors (Lipinski definition) is 2. The van der Waals surface area contributed by atoms with Crippen molar-refractivity contribution >= 4 is 34.8 Å². The molecule has 1 aromatic heterocycles. The van der Waals surface area contributed by atoms with Gasteiger partial charge in [0.05, 0.1) is 0 Å². The summed E-state index contributed by atoms with van der Waals surface area (Å²) in [7, 11) is 0. The van der Waals surface area contributed by atoms with E-state index in [1.54, 1.807) is 19.1 Å². The maximum Gasteiger partial charge on any atom is 0.224 e. The molecule has 138 valence electrons. The number of Topliss-reactive ketones (excluding diaryl/α,β-unsaturated/α-hetero) is 1. The molecule has 0 bridgehead atoms. The van der Waals surface area contributed by atoms with Crippen LogP contribution in [-0.2, 0) is 6.42 Å². The molecule has 3 aromatic rings. The normalized spacial score (nSPS) is 10.5. The molecule has 2 N–H and O–H groups in total.